The number of hydrogen-bond acceptors (Lipinski definition) is 4. The summed E-state index contributed by atoms with van der Waals surface area (Å²) in [5.74, 6) is 0.454. The maximum Gasteiger partial charge on any atom is 0.373 e. The van der Waals surface area contributed by atoms with E-state index in [0.29, 0.717) is 30.4 Å². The molecule has 0 unspecified atom stereocenters. The van der Waals surface area contributed by atoms with Crippen molar-refractivity contribution in [3.05, 3.63) is 29.8 Å². The van der Waals surface area contributed by atoms with Crippen LogP contribution in [0.25, 0.3) is 0 Å². The number of benzene rings is 1. The fourth-order valence-corrected chi connectivity index (χ4v) is 1.15. The lowest BCUT2D eigenvalue weighted by Crippen LogP contribution is -2.09. The molecule has 0 aliphatic rings. The lowest BCUT2D eigenvalue weighted by Gasteiger charge is -2.07. The van der Waals surface area contributed by atoms with Crippen molar-refractivity contribution < 1.29 is 19.3 Å². The molecule has 0 bridgehead atoms. The van der Waals surface area contributed by atoms with Gasteiger partial charge in [0, 0.05) is 0 Å². The molecule has 4 heteroatoms. The van der Waals surface area contributed by atoms with E-state index in [1.54, 1.807) is 24.3 Å². The molecule has 0 aliphatic carbocycles. The predicted molar refractivity (Wildman–Crippen MR) is 63.8 cm³/mol. The molecular weight excluding hydrogens is 220 g/mol. The van der Waals surface area contributed by atoms with Gasteiger partial charge in [0.15, 0.2) is 0 Å². The molecular formula is C13H18O4. The van der Waals surface area contributed by atoms with E-state index in [4.69, 9.17) is 9.62 Å². The SMILES string of the molecule is CCOc1cccc(C(=O)OOCC(C)C)c1. The Labute approximate surface area is 101 Å². The molecule has 17 heavy (non-hydrogen) atoms. The van der Waals surface area contributed by atoms with Crippen LogP contribution in [0.2, 0.25) is 0 Å². The lowest BCUT2D eigenvalue weighted by molar-refractivity contribution is -0.246. The van der Waals surface area contributed by atoms with Gasteiger partial charge in [0.1, 0.15) is 5.75 Å². The second kappa shape index (κ2) is 6.91. The quantitative estimate of drug-likeness (QED) is 0.564. The van der Waals surface area contributed by atoms with Crippen LogP contribution in [0, 0.1) is 5.92 Å². The third-order valence-corrected chi connectivity index (χ3v) is 1.92. The van der Waals surface area contributed by atoms with E-state index < -0.39 is 5.97 Å². The molecule has 0 amide bonds. The van der Waals surface area contributed by atoms with Crippen molar-refractivity contribution in [2.45, 2.75) is 20.8 Å². The average molecular weight is 238 g/mol. The van der Waals surface area contributed by atoms with Crippen LogP contribution < -0.4 is 4.74 Å². The summed E-state index contributed by atoms with van der Waals surface area (Å²) in [5.41, 5.74) is 0.416. The molecule has 1 aromatic carbocycles. The number of carbonyl (C=O) groups excluding carboxylic acids is 1. The van der Waals surface area contributed by atoms with Crippen LogP contribution in [0.5, 0.6) is 5.75 Å². The molecule has 0 fully saturated rings. The number of hydrogen-bond donors (Lipinski definition) is 0. The maximum atomic E-state index is 11.6. The summed E-state index contributed by atoms with van der Waals surface area (Å²) in [6.07, 6.45) is 0. The van der Waals surface area contributed by atoms with Crippen LogP contribution in [-0.2, 0) is 9.78 Å². The van der Waals surface area contributed by atoms with E-state index in [0.717, 1.165) is 0 Å². The van der Waals surface area contributed by atoms with Crippen LogP contribution >= 0.6 is 0 Å². The van der Waals surface area contributed by atoms with Crippen LogP contribution in [0.4, 0.5) is 0 Å². The van der Waals surface area contributed by atoms with Crippen LogP contribution in [0.15, 0.2) is 24.3 Å². The summed E-state index contributed by atoms with van der Waals surface area (Å²) >= 11 is 0. The summed E-state index contributed by atoms with van der Waals surface area (Å²) in [4.78, 5) is 21.1. The Morgan fingerprint density at radius 3 is 2.76 bits per heavy atom. The average Bonchev–Trinajstić information content (AvgIpc) is 2.29. The molecule has 0 radical (unpaired) electrons. The van der Waals surface area contributed by atoms with E-state index >= 15 is 0 Å². The first kappa shape index (κ1) is 13.5. The smallest absolute Gasteiger partial charge is 0.373 e. The summed E-state index contributed by atoms with van der Waals surface area (Å²) in [6, 6.07) is 6.81. The zero-order valence-corrected chi connectivity index (χ0v) is 10.4. The van der Waals surface area contributed by atoms with Crippen LogP contribution in [0.1, 0.15) is 31.1 Å². The molecule has 4 nitrogen and oxygen atoms in total. The van der Waals surface area contributed by atoms with Gasteiger partial charge in [-0.25, -0.2) is 4.79 Å². The molecule has 94 valence electrons. The van der Waals surface area contributed by atoms with Crippen molar-refractivity contribution in [2.75, 3.05) is 13.2 Å². The Kier molecular flexibility index (Phi) is 5.49. The van der Waals surface area contributed by atoms with Crippen LogP contribution in [-0.4, -0.2) is 19.2 Å². The Hall–Kier alpha value is -1.55. The van der Waals surface area contributed by atoms with Gasteiger partial charge in [-0.1, -0.05) is 19.9 Å². The zero-order valence-electron chi connectivity index (χ0n) is 10.4. The van der Waals surface area contributed by atoms with E-state index in [1.807, 2.05) is 20.8 Å². The first-order chi connectivity index (χ1) is 8.13. The fourth-order valence-electron chi connectivity index (χ4n) is 1.15. The molecule has 0 aromatic heterocycles. The number of carbonyl (C=O) groups is 1. The zero-order chi connectivity index (χ0) is 12.7. The summed E-state index contributed by atoms with van der Waals surface area (Å²) in [7, 11) is 0. The van der Waals surface area contributed by atoms with E-state index in [9.17, 15) is 4.79 Å². The monoisotopic (exact) mass is 238 g/mol. The highest BCUT2D eigenvalue weighted by Gasteiger charge is 2.09. The Bertz CT molecular complexity index is 360. The van der Waals surface area contributed by atoms with Crippen molar-refractivity contribution in [3.8, 4) is 5.75 Å². The highest BCUT2D eigenvalue weighted by Crippen LogP contribution is 2.14. The van der Waals surface area contributed by atoms with Gasteiger partial charge in [-0.3, -0.25) is 4.89 Å². The lowest BCUT2D eigenvalue weighted by atomic mass is 10.2. The van der Waals surface area contributed by atoms with Gasteiger partial charge < -0.3 is 4.74 Å². The van der Waals surface area contributed by atoms with Gasteiger partial charge in [-0.2, -0.15) is 4.89 Å². The molecule has 0 atom stereocenters. The minimum Gasteiger partial charge on any atom is -0.494 e. The molecule has 0 saturated heterocycles. The Morgan fingerprint density at radius 2 is 2.12 bits per heavy atom. The topological polar surface area (TPSA) is 44.8 Å². The van der Waals surface area contributed by atoms with Crippen molar-refractivity contribution >= 4 is 5.97 Å². The van der Waals surface area contributed by atoms with Gasteiger partial charge >= 0.3 is 5.97 Å². The second-order valence-electron chi connectivity index (χ2n) is 4.01. The van der Waals surface area contributed by atoms with E-state index in [2.05, 4.69) is 4.89 Å². The molecule has 1 rings (SSSR count). The van der Waals surface area contributed by atoms with E-state index in [-0.39, 0.29) is 0 Å². The van der Waals surface area contributed by atoms with Crippen molar-refractivity contribution in [1.29, 1.82) is 0 Å². The fraction of sp³-hybridized carbons (Fsp3) is 0.462. The van der Waals surface area contributed by atoms with Gasteiger partial charge in [0.05, 0.1) is 18.8 Å². The Morgan fingerprint density at radius 1 is 1.35 bits per heavy atom. The molecule has 0 aliphatic heterocycles. The standard InChI is InChI=1S/C13H18O4/c1-4-15-12-7-5-6-11(8-12)13(14)17-16-9-10(2)3/h5-8,10H,4,9H2,1-3H3. The van der Waals surface area contributed by atoms with Gasteiger partial charge in [0.25, 0.3) is 0 Å². The first-order valence-electron chi connectivity index (χ1n) is 5.70. The molecule has 1 aromatic rings. The predicted octanol–water partition coefficient (Wildman–Crippen LogP) is 2.83. The first-order valence-corrected chi connectivity index (χ1v) is 5.70. The molecule has 0 spiro atoms. The molecule has 0 heterocycles. The molecule has 0 saturated carbocycles. The molecule has 0 N–H and O–H groups in total. The largest absolute Gasteiger partial charge is 0.494 e. The van der Waals surface area contributed by atoms with Crippen molar-refractivity contribution in [2.24, 2.45) is 5.92 Å². The van der Waals surface area contributed by atoms with Gasteiger partial charge in [-0.05, 0) is 31.0 Å². The summed E-state index contributed by atoms with van der Waals surface area (Å²) in [5, 5.41) is 0. The van der Waals surface area contributed by atoms with Crippen LogP contribution in [0.3, 0.4) is 0 Å². The van der Waals surface area contributed by atoms with Gasteiger partial charge in [-0.15, -0.1) is 0 Å². The van der Waals surface area contributed by atoms with Crippen molar-refractivity contribution in [1.82, 2.24) is 0 Å². The Balaban J connectivity index is 2.53. The second-order valence-corrected chi connectivity index (χ2v) is 4.01. The number of ether oxygens (including phenoxy) is 1. The number of rotatable bonds is 6. The highest BCUT2D eigenvalue weighted by atomic mass is 17.2. The van der Waals surface area contributed by atoms with Crippen molar-refractivity contribution in [3.63, 3.8) is 0 Å². The normalized spacial score (nSPS) is 10.4. The third-order valence-electron chi connectivity index (χ3n) is 1.92. The maximum absolute atomic E-state index is 11.6. The minimum atomic E-state index is -0.507. The summed E-state index contributed by atoms with van der Waals surface area (Å²) < 4.78 is 5.29. The van der Waals surface area contributed by atoms with E-state index in [1.165, 1.54) is 0 Å². The third kappa shape index (κ3) is 4.87. The van der Waals surface area contributed by atoms with Gasteiger partial charge in [0.2, 0.25) is 0 Å². The minimum absolute atomic E-state index is 0.317. The highest BCUT2D eigenvalue weighted by molar-refractivity contribution is 5.89. The summed E-state index contributed by atoms with van der Waals surface area (Å²) in [6.45, 7) is 6.78.